The number of hydrogen-bond donors (Lipinski definition) is 0. The second kappa shape index (κ2) is 8.32. The molecule has 1 amide bonds. The number of amides is 1. The molecule has 1 aromatic carbocycles. The van der Waals surface area contributed by atoms with Crippen molar-refractivity contribution in [1.29, 1.82) is 5.26 Å². The number of nitrogens with zero attached hydrogens (tertiary/aromatic N) is 4. The van der Waals surface area contributed by atoms with Crippen molar-refractivity contribution in [1.82, 2.24) is 9.88 Å². The van der Waals surface area contributed by atoms with Gasteiger partial charge in [0.25, 0.3) is 0 Å². The van der Waals surface area contributed by atoms with Gasteiger partial charge in [0.2, 0.25) is 5.91 Å². The molecular formula is C20H19FN4O2. The van der Waals surface area contributed by atoms with Crippen LogP contribution >= 0.6 is 0 Å². The molecule has 6 nitrogen and oxygen atoms in total. The second-order valence-corrected chi connectivity index (χ2v) is 6.03. The number of halogens is 1. The molecule has 0 atom stereocenters. The molecule has 1 aliphatic rings. The molecule has 1 aliphatic heterocycles. The van der Waals surface area contributed by atoms with Crippen LogP contribution < -0.4 is 9.64 Å². The zero-order chi connectivity index (χ0) is 19.2. The quantitative estimate of drug-likeness (QED) is 0.778. The van der Waals surface area contributed by atoms with Gasteiger partial charge in [-0.15, -0.1) is 0 Å². The standard InChI is InChI=1S/C20H19FN4O2/c1-27-18-6-4-15(13-17(18)21)5-7-19(26)24-9-11-25(12-10-24)20-16(14-22)3-2-8-23-20/h2-8,13H,9-12H2,1H3. The summed E-state index contributed by atoms with van der Waals surface area (Å²) in [6.07, 6.45) is 4.69. The summed E-state index contributed by atoms with van der Waals surface area (Å²) in [6.45, 7) is 2.26. The van der Waals surface area contributed by atoms with Gasteiger partial charge in [-0.25, -0.2) is 9.37 Å². The highest BCUT2D eigenvalue weighted by atomic mass is 19.1. The number of aromatic nitrogens is 1. The number of carbonyl (C=O) groups excluding carboxylic acids is 1. The van der Waals surface area contributed by atoms with Crippen LogP contribution in [0.5, 0.6) is 5.75 Å². The van der Waals surface area contributed by atoms with Crippen LogP contribution in [0.15, 0.2) is 42.6 Å². The summed E-state index contributed by atoms with van der Waals surface area (Å²) in [4.78, 5) is 20.4. The number of pyridine rings is 1. The van der Waals surface area contributed by atoms with Crippen LogP contribution in [-0.2, 0) is 4.79 Å². The van der Waals surface area contributed by atoms with Gasteiger partial charge in [0.05, 0.1) is 12.7 Å². The van der Waals surface area contributed by atoms with E-state index in [9.17, 15) is 14.4 Å². The minimum absolute atomic E-state index is 0.132. The van der Waals surface area contributed by atoms with Crippen molar-refractivity contribution in [3.63, 3.8) is 0 Å². The number of rotatable bonds is 4. The molecule has 1 aromatic heterocycles. The molecular weight excluding hydrogens is 347 g/mol. The van der Waals surface area contributed by atoms with Crippen molar-refractivity contribution in [2.45, 2.75) is 0 Å². The van der Waals surface area contributed by atoms with Crippen LogP contribution in [0.4, 0.5) is 10.2 Å². The van der Waals surface area contributed by atoms with E-state index in [-0.39, 0.29) is 11.7 Å². The molecule has 0 unspecified atom stereocenters. The third-order valence-electron chi connectivity index (χ3n) is 4.39. The summed E-state index contributed by atoms with van der Waals surface area (Å²) in [6, 6.07) is 10.1. The van der Waals surface area contributed by atoms with Crippen molar-refractivity contribution in [2.24, 2.45) is 0 Å². The molecule has 1 saturated heterocycles. The number of carbonyl (C=O) groups is 1. The Morgan fingerprint density at radius 2 is 2.07 bits per heavy atom. The maximum absolute atomic E-state index is 13.7. The Bertz CT molecular complexity index is 899. The topological polar surface area (TPSA) is 69.5 Å². The first-order valence-electron chi connectivity index (χ1n) is 8.53. The number of piperazine rings is 1. The van der Waals surface area contributed by atoms with Gasteiger partial charge in [-0.1, -0.05) is 6.07 Å². The molecule has 0 radical (unpaired) electrons. The lowest BCUT2D eigenvalue weighted by atomic mass is 10.2. The molecule has 0 spiro atoms. The zero-order valence-electron chi connectivity index (χ0n) is 14.9. The molecule has 2 aromatic rings. The first kappa shape index (κ1) is 18.4. The van der Waals surface area contributed by atoms with Gasteiger partial charge in [0.15, 0.2) is 11.6 Å². The molecule has 0 aliphatic carbocycles. The minimum Gasteiger partial charge on any atom is -0.494 e. The van der Waals surface area contributed by atoms with Gasteiger partial charge < -0.3 is 14.5 Å². The van der Waals surface area contributed by atoms with E-state index in [2.05, 4.69) is 11.1 Å². The van der Waals surface area contributed by atoms with Crippen molar-refractivity contribution in [3.05, 3.63) is 59.5 Å². The Morgan fingerprint density at radius 1 is 1.30 bits per heavy atom. The van der Waals surface area contributed by atoms with E-state index in [4.69, 9.17) is 4.74 Å². The lowest BCUT2D eigenvalue weighted by Gasteiger charge is -2.35. The summed E-state index contributed by atoms with van der Waals surface area (Å²) in [5.41, 5.74) is 1.12. The summed E-state index contributed by atoms with van der Waals surface area (Å²) < 4.78 is 18.6. The number of nitriles is 1. The summed E-state index contributed by atoms with van der Waals surface area (Å²) in [5.74, 6) is 0.217. The molecule has 2 heterocycles. The lowest BCUT2D eigenvalue weighted by Crippen LogP contribution is -2.48. The lowest BCUT2D eigenvalue weighted by molar-refractivity contribution is -0.126. The van der Waals surface area contributed by atoms with Crippen LogP contribution in [0.1, 0.15) is 11.1 Å². The number of hydrogen-bond acceptors (Lipinski definition) is 5. The molecule has 138 valence electrons. The molecule has 27 heavy (non-hydrogen) atoms. The Balaban J connectivity index is 1.60. The van der Waals surface area contributed by atoms with Crippen LogP contribution in [0.25, 0.3) is 6.08 Å². The molecule has 7 heteroatoms. The molecule has 0 saturated carbocycles. The second-order valence-electron chi connectivity index (χ2n) is 6.03. The van der Waals surface area contributed by atoms with E-state index >= 15 is 0 Å². The highest BCUT2D eigenvalue weighted by Crippen LogP contribution is 2.20. The molecule has 0 N–H and O–H groups in total. The van der Waals surface area contributed by atoms with Crippen molar-refractivity contribution in [2.75, 3.05) is 38.2 Å². The Hall–Kier alpha value is -3.40. The maximum Gasteiger partial charge on any atom is 0.246 e. The van der Waals surface area contributed by atoms with Gasteiger partial charge in [-0.05, 0) is 35.9 Å². The summed E-state index contributed by atoms with van der Waals surface area (Å²) in [7, 11) is 1.40. The smallest absolute Gasteiger partial charge is 0.246 e. The van der Waals surface area contributed by atoms with E-state index in [0.29, 0.717) is 43.1 Å². The zero-order valence-corrected chi connectivity index (χ0v) is 14.9. The van der Waals surface area contributed by atoms with Crippen LogP contribution in [0, 0.1) is 17.1 Å². The largest absolute Gasteiger partial charge is 0.494 e. The molecule has 3 rings (SSSR count). The fourth-order valence-corrected chi connectivity index (χ4v) is 2.93. The Morgan fingerprint density at radius 3 is 2.74 bits per heavy atom. The van der Waals surface area contributed by atoms with Gasteiger partial charge in [0.1, 0.15) is 11.9 Å². The average molecular weight is 366 g/mol. The highest BCUT2D eigenvalue weighted by Gasteiger charge is 2.22. The van der Waals surface area contributed by atoms with E-state index < -0.39 is 5.82 Å². The van der Waals surface area contributed by atoms with Crippen molar-refractivity contribution in [3.8, 4) is 11.8 Å². The number of methoxy groups -OCH3 is 1. The fraction of sp³-hybridized carbons (Fsp3) is 0.250. The van der Waals surface area contributed by atoms with Gasteiger partial charge in [-0.3, -0.25) is 4.79 Å². The summed E-state index contributed by atoms with van der Waals surface area (Å²) >= 11 is 0. The van der Waals surface area contributed by atoms with Gasteiger partial charge >= 0.3 is 0 Å². The number of benzene rings is 1. The fourth-order valence-electron chi connectivity index (χ4n) is 2.93. The highest BCUT2D eigenvalue weighted by molar-refractivity contribution is 5.92. The minimum atomic E-state index is -0.468. The number of ether oxygens (including phenoxy) is 1. The van der Waals surface area contributed by atoms with Crippen LogP contribution in [0.2, 0.25) is 0 Å². The predicted octanol–water partition coefficient (Wildman–Crippen LogP) is 2.46. The SMILES string of the molecule is COc1ccc(C=CC(=O)N2CCN(c3ncccc3C#N)CC2)cc1F. The Kier molecular flexibility index (Phi) is 5.67. The van der Waals surface area contributed by atoms with E-state index in [0.717, 1.165) is 0 Å². The van der Waals surface area contributed by atoms with E-state index in [1.807, 2.05) is 4.90 Å². The van der Waals surface area contributed by atoms with Crippen LogP contribution in [0.3, 0.4) is 0 Å². The van der Waals surface area contributed by atoms with Crippen molar-refractivity contribution >= 4 is 17.8 Å². The van der Waals surface area contributed by atoms with Gasteiger partial charge in [-0.2, -0.15) is 5.26 Å². The Labute approximate surface area is 157 Å². The normalized spacial score (nSPS) is 14.3. The first-order valence-corrected chi connectivity index (χ1v) is 8.53. The summed E-state index contributed by atoms with van der Waals surface area (Å²) in [5, 5.41) is 9.20. The first-order chi connectivity index (χ1) is 13.1. The third kappa shape index (κ3) is 4.23. The van der Waals surface area contributed by atoms with E-state index in [1.165, 1.54) is 25.3 Å². The average Bonchev–Trinajstić information content (AvgIpc) is 2.72. The van der Waals surface area contributed by atoms with Gasteiger partial charge in [0, 0.05) is 38.5 Å². The van der Waals surface area contributed by atoms with Crippen LogP contribution in [-0.4, -0.2) is 49.1 Å². The number of anilines is 1. The third-order valence-corrected chi connectivity index (χ3v) is 4.39. The maximum atomic E-state index is 13.7. The predicted molar refractivity (Wildman–Crippen MR) is 99.7 cm³/mol. The van der Waals surface area contributed by atoms with Crippen molar-refractivity contribution < 1.29 is 13.9 Å². The monoisotopic (exact) mass is 366 g/mol. The molecule has 1 fully saturated rings. The van der Waals surface area contributed by atoms with E-state index in [1.54, 1.807) is 35.4 Å². The molecule has 0 bridgehead atoms.